The molecule has 0 bridgehead atoms. The number of nitrogens with two attached hydrogens (primary N) is 1. The van der Waals surface area contributed by atoms with Crippen LogP contribution < -0.4 is 10.5 Å². The van der Waals surface area contributed by atoms with Gasteiger partial charge >= 0.3 is 0 Å². The van der Waals surface area contributed by atoms with Crippen molar-refractivity contribution < 1.29 is 4.74 Å². The van der Waals surface area contributed by atoms with Gasteiger partial charge in [0.2, 0.25) is 0 Å². The second-order valence-electron chi connectivity index (χ2n) is 3.90. The number of aryl methyl sites for hydroxylation is 2. The van der Waals surface area contributed by atoms with E-state index in [9.17, 15) is 0 Å². The predicted molar refractivity (Wildman–Crippen MR) is 69.1 cm³/mol. The van der Waals surface area contributed by atoms with Crippen LogP contribution in [0.4, 0.5) is 5.82 Å². The molecule has 0 saturated carbocycles. The van der Waals surface area contributed by atoms with E-state index in [4.69, 9.17) is 10.5 Å². The van der Waals surface area contributed by atoms with E-state index in [2.05, 4.69) is 17.1 Å². The Morgan fingerprint density at radius 1 is 1.12 bits per heavy atom. The summed E-state index contributed by atoms with van der Waals surface area (Å²) in [4.78, 5) is 4.08. The lowest BCUT2D eigenvalue weighted by Crippen LogP contribution is -1.99. The number of ether oxygens (including phenoxy) is 1. The number of hydrogen-bond acceptors (Lipinski definition) is 3. The first-order chi connectivity index (χ1) is 8.29. The molecule has 0 saturated heterocycles. The molecule has 3 heteroatoms. The number of methoxy groups -OCH3 is 1. The number of rotatable bonds is 4. The number of aromatic nitrogens is 1. The molecular formula is C14H16N2O. The molecule has 0 aliphatic heterocycles. The number of pyridine rings is 1. The van der Waals surface area contributed by atoms with E-state index in [0.29, 0.717) is 5.82 Å². The van der Waals surface area contributed by atoms with Crippen LogP contribution in [0.2, 0.25) is 0 Å². The molecule has 0 aliphatic rings. The second kappa shape index (κ2) is 5.34. The third-order valence-corrected chi connectivity index (χ3v) is 2.77. The zero-order valence-corrected chi connectivity index (χ0v) is 9.89. The molecule has 2 N–H and O–H groups in total. The van der Waals surface area contributed by atoms with Crippen molar-refractivity contribution in [2.75, 3.05) is 12.8 Å². The maximum absolute atomic E-state index is 5.80. The molecule has 17 heavy (non-hydrogen) atoms. The number of nitrogens with zero attached hydrogens (tertiary/aromatic N) is 1. The maximum Gasteiger partial charge on any atom is 0.126 e. The van der Waals surface area contributed by atoms with Gasteiger partial charge in [-0.1, -0.05) is 18.2 Å². The molecule has 2 aromatic rings. The summed E-state index contributed by atoms with van der Waals surface area (Å²) in [6.45, 7) is 0. The zero-order chi connectivity index (χ0) is 12.1. The van der Waals surface area contributed by atoms with E-state index in [1.165, 1.54) is 5.56 Å². The van der Waals surface area contributed by atoms with E-state index in [1.807, 2.05) is 24.3 Å². The second-order valence-corrected chi connectivity index (χ2v) is 3.90. The Kier molecular flexibility index (Phi) is 3.60. The number of nitrogen functional groups attached to an aromatic ring is 1. The lowest BCUT2D eigenvalue weighted by atomic mass is 10.1. The van der Waals surface area contributed by atoms with Crippen LogP contribution in [0.5, 0.6) is 5.75 Å². The molecule has 0 unspecified atom stereocenters. The van der Waals surface area contributed by atoms with Gasteiger partial charge in [-0.2, -0.15) is 0 Å². The quantitative estimate of drug-likeness (QED) is 0.874. The highest BCUT2D eigenvalue weighted by Crippen LogP contribution is 2.15. The van der Waals surface area contributed by atoms with Gasteiger partial charge in [0.05, 0.1) is 7.11 Å². The van der Waals surface area contributed by atoms with E-state index in [1.54, 1.807) is 13.3 Å². The van der Waals surface area contributed by atoms with Crippen LogP contribution >= 0.6 is 0 Å². The van der Waals surface area contributed by atoms with Crippen LogP contribution in [-0.4, -0.2) is 12.1 Å². The van der Waals surface area contributed by atoms with Crippen LogP contribution in [-0.2, 0) is 12.8 Å². The molecule has 0 atom stereocenters. The summed E-state index contributed by atoms with van der Waals surface area (Å²) in [7, 11) is 1.67. The molecule has 0 aliphatic carbocycles. The van der Waals surface area contributed by atoms with Crippen molar-refractivity contribution in [1.29, 1.82) is 0 Å². The first-order valence-corrected chi connectivity index (χ1v) is 5.62. The van der Waals surface area contributed by atoms with Crippen LogP contribution in [0.3, 0.4) is 0 Å². The van der Waals surface area contributed by atoms with Crippen molar-refractivity contribution in [3.63, 3.8) is 0 Å². The van der Waals surface area contributed by atoms with Gasteiger partial charge in [0.25, 0.3) is 0 Å². The highest BCUT2D eigenvalue weighted by molar-refractivity contribution is 5.39. The van der Waals surface area contributed by atoms with Crippen molar-refractivity contribution in [2.45, 2.75) is 12.8 Å². The number of anilines is 1. The maximum atomic E-state index is 5.80. The molecule has 0 amide bonds. The minimum Gasteiger partial charge on any atom is -0.497 e. The van der Waals surface area contributed by atoms with Gasteiger partial charge < -0.3 is 10.5 Å². The average molecular weight is 228 g/mol. The van der Waals surface area contributed by atoms with Gasteiger partial charge in [-0.25, -0.2) is 4.98 Å². The summed E-state index contributed by atoms with van der Waals surface area (Å²) in [5.74, 6) is 1.51. The minimum absolute atomic E-state index is 0.626. The molecule has 1 heterocycles. The molecule has 88 valence electrons. The van der Waals surface area contributed by atoms with Crippen molar-refractivity contribution in [1.82, 2.24) is 4.98 Å². The largest absolute Gasteiger partial charge is 0.497 e. The van der Waals surface area contributed by atoms with Crippen LogP contribution in [0, 0.1) is 0 Å². The van der Waals surface area contributed by atoms with E-state index < -0.39 is 0 Å². The van der Waals surface area contributed by atoms with Crippen LogP contribution in [0.25, 0.3) is 0 Å². The van der Waals surface area contributed by atoms with Crippen molar-refractivity contribution in [3.05, 3.63) is 53.7 Å². The van der Waals surface area contributed by atoms with Crippen LogP contribution in [0.1, 0.15) is 11.1 Å². The smallest absolute Gasteiger partial charge is 0.126 e. The van der Waals surface area contributed by atoms with E-state index in [0.717, 1.165) is 24.2 Å². The third kappa shape index (κ3) is 2.97. The minimum atomic E-state index is 0.626. The van der Waals surface area contributed by atoms with E-state index in [-0.39, 0.29) is 0 Å². The predicted octanol–water partition coefficient (Wildman–Crippen LogP) is 2.46. The molecule has 0 spiro atoms. The van der Waals surface area contributed by atoms with Gasteiger partial charge in [-0.3, -0.25) is 0 Å². The third-order valence-electron chi connectivity index (χ3n) is 2.77. The lowest BCUT2D eigenvalue weighted by Gasteiger charge is -2.05. The monoisotopic (exact) mass is 228 g/mol. The fraction of sp³-hybridized carbons (Fsp3) is 0.214. The Labute approximate surface area is 101 Å². The van der Waals surface area contributed by atoms with Crippen LogP contribution in [0.15, 0.2) is 42.6 Å². The standard InChI is InChI=1S/C14H16N2O/c1-17-13-8-5-11(6-9-13)4-7-12-3-2-10-16-14(12)15/h2-3,5-6,8-10H,4,7H2,1H3,(H2,15,16). The molecule has 0 fully saturated rings. The van der Waals surface area contributed by atoms with Crippen molar-refractivity contribution in [2.24, 2.45) is 0 Å². The summed E-state index contributed by atoms with van der Waals surface area (Å²) < 4.78 is 5.12. The molecule has 3 nitrogen and oxygen atoms in total. The SMILES string of the molecule is COc1ccc(CCc2cccnc2N)cc1. The van der Waals surface area contributed by atoms with E-state index >= 15 is 0 Å². The fourth-order valence-corrected chi connectivity index (χ4v) is 1.73. The van der Waals surface area contributed by atoms with Gasteiger partial charge in [-0.15, -0.1) is 0 Å². The Balaban J connectivity index is 2.00. The lowest BCUT2D eigenvalue weighted by molar-refractivity contribution is 0.414. The van der Waals surface area contributed by atoms with Gasteiger partial charge in [0, 0.05) is 6.20 Å². The van der Waals surface area contributed by atoms with Gasteiger partial charge in [0.1, 0.15) is 11.6 Å². The number of benzene rings is 1. The van der Waals surface area contributed by atoms with Crippen molar-refractivity contribution >= 4 is 5.82 Å². The van der Waals surface area contributed by atoms with Gasteiger partial charge in [-0.05, 0) is 42.2 Å². The molecule has 2 rings (SSSR count). The topological polar surface area (TPSA) is 48.1 Å². The summed E-state index contributed by atoms with van der Waals surface area (Å²) in [6.07, 6.45) is 3.58. The van der Waals surface area contributed by atoms with Gasteiger partial charge in [0.15, 0.2) is 0 Å². The average Bonchev–Trinajstić information content (AvgIpc) is 2.38. The normalized spacial score (nSPS) is 10.2. The number of hydrogen-bond donors (Lipinski definition) is 1. The highest BCUT2D eigenvalue weighted by Gasteiger charge is 2.00. The summed E-state index contributed by atoms with van der Waals surface area (Å²) in [6, 6.07) is 12.0. The zero-order valence-electron chi connectivity index (χ0n) is 9.89. The molecule has 1 aromatic heterocycles. The summed E-state index contributed by atoms with van der Waals surface area (Å²) >= 11 is 0. The molecule has 0 radical (unpaired) electrons. The van der Waals surface area contributed by atoms with Crippen molar-refractivity contribution in [3.8, 4) is 5.75 Å². The fourth-order valence-electron chi connectivity index (χ4n) is 1.73. The first-order valence-electron chi connectivity index (χ1n) is 5.62. The molecular weight excluding hydrogens is 212 g/mol. The summed E-state index contributed by atoms with van der Waals surface area (Å²) in [5, 5.41) is 0. The Morgan fingerprint density at radius 2 is 1.88 bits per heavy atom. The summed E-state index contributed by atoms with van der Waals surface area (Å²) in [5.41, 5.74) is 8.17. The Morgan fingerprint density at radius 3 is 2.53 bits per heavy atom. The first kappa shape index (κ1) is 11.5. The Hall–Kier alpha value is -2.03. The molecule has 1 aromatic carbocycles. The Bertz CT molecular complexity index is 480. The highest BCUT2D eigenvalue weighted by atomic mass is 16.5.